The van der Waals surface area contributed by atoms with Gasteiger partial charge in [-0.3, -0.25) is 4.79 Å². The van der Waals surface area contributed by atoms with Crippen molar-refractivity contribution in [2.75, 3.05) is 0 Å². The molecular formula is C9H14ClF3O. The van der Waals surface area contributed by atoms with Crippen LogP contribution in [-0.2, 0) is 4.79 Å². The lowest BCUT2D eigenvalue weighted by molar-refractivity contribution is -0.135. The highest BCUT2D eigenvalue weighted by atomic mass is 35.5. The maximum atomic E-state index is 11.7. The van der Waals surface area contributed by atoms with Gasteiger partial charge in [0.25, 0.3) is 0 Å². The number of rotatable bonds is 7. The molecule has 0 radical (unpaired) electrons. The second kappa shape index (κ2) is 7.10. The number of carbonyl (C=O) groups is 1. The number of halogens is 4. The van der Waals surface area contributed by atoms with Crippen molar-refractivity contribution in [2.24, 2.45) is 0 Å². The molecule has 0 aliphatic rings. The van der Waals surface area contributed by atoms with Gasteiger partial charge in [0.15, 0.2) is 0 Å². The number of hydrogen-bond donors (Lipinski definition) is 0. The summed E-state index contributed by atoms with van der Waals surface area (Å²) >= 11 is 5.09. The van der Waals surface area contributed by atoms with Gasteiger partial charge >= 0.3 is 6.18 Å². The highest BCUT2D eigenvalue weighted by Gasteiger charge is 2.25. The summed E-state index contributed by atoms with van der Waals surface area (Å²) < 4.78 is 35.0. The molecule has 0 heterocycles. The van der Waals surface area contributed by atoms with Crippen molar-refractivity contribution in [3.8, 4) is 0 Å². The van der Waals surface area contributed by atoms with E-state index in [0.29, 0.717) is 19.3 Å². The Morgan fingerprint density at radius 3 is 2.00 bits per heavy atom. The Bertz CT molecular complexity index is 168. The van der Waals surface area contributed by atoms with Crippen LogP contribution in [-0.4, -0.2) is 11.4 Å². The van der Waals surface area contributed by atoms with Gasteiger partial charge in [0.2, 0.25) is 5.24 Å². The van der Waals surface area contributed by atoms with Gasteiger partial charge in [-0.15, -0.1) is 0 Å². The van der Waals surface area contributed by atoms with E-state index in [1.807, 2.05) is 0 Å². The van der Waals surface area contributed by atoms with E-state index < -0.39 is 12.6 Å². The van der Waals surface area contributed by atoms with Gasteiger partial charge in [-0.25, -0.2) is 0 Å². The summed E-state index contributed by atoms with van der Waals surface area (Å²) in [5, 5.41) is -0.375. The van der Waals surface area contributed by atoms with Crippen LogP contribution in [0.2, 0.25) is 0 Å². The quantitative estimate of drug-likeness (QED) is 0.476. The minimum Gasteiger partial charge on any atom is -0.281 e. The number of carbonyl (C=O) groups excluding carboxylic acids is 1. The van der Waals surface area contributed by atoms with Crippen molar-refractivity contribution in [3.05, 3.63) is 0 Å². The molecule has 5 heteroatoms. The third kappa shape index (κ3) is 11.8. The predicted octanol–water partition coefficient (Wildman–Crippen LogP) is 4.04. The second-order valence-corrected chi connectivity index (χ2v) is 3.66. The average molecular weight is 231 g/mol. The highest BCUT2D eigenvalue weighted by Crippen LogP contribution is 2.23. The fourth-order valence-electron chi connectivity index (χ4n) is 1.12. The first-order chi connectivity index (χ1) is 6.42. The van der Waals surface area contributed by atoms with Crippen molar-refractivity contribution in [2.45, 2.75) is 51.1 Å². The van der Waals surface area contributed by atoms with E-state index in [-0.39, 0.29) is 11.7 Å². The Hall–Kier alpha value is -0.250. The standard InChI is InChI=1S/C9H14ClF3O/c10-8(14)6-4-2-1-3-5-7-9(11,12)13/h1-7H2. The Labute approximate surface area is 86.6 Å². The van der Waals surface area contributed by atoms with Gasteiger partial charge in [0.05, 0.1) is 0 Å². The Morgan fingerprint density at radius 2 is 1.50 bits per heavy atom. The molecule has 0 bridgehead atoms. The summed E-state index contributed by atoms with van der Waals surface area (Å²) in [6.45, 7) is 0. The molecule has 0 unspecified atom stereocenters. The fourth-order valence-corrected chi connectivity index (χ4v) is 1.25. The Morgan fingerprint density at radius 1 is 1.00 bits per heavy atom. The van der Waals surface area contributed by atoms with Crippen molar-refractivity contribution in [1.82, 2.24) is 0 Å². The van der Waals surface area contributed by atoms with Crippen molar-refractivity contribution in [1.29, 1.82) is 0 Å². The molecule has 0 aromatic heterocycles. The van der Waals surface area contributed by atoms with Crippen LogP contribution >= 0.6 is 11.6 Å². The summed E-state index contributed by atoms with van der Waals surface area (Å²) in [6.07, 6.45) is -1.49. The normalized spacial score (nSPS) is 11.7. The third-order valence-electron chi connectivity index (χ3n) is 1.83. The topological polar surface area (TPSA) is 17.1 Å². The predicted molar refractivity (Wildman–Crippen MR) is 49.2 cm³/mol. The van der Waals surface area contributed by atoms with Gasteiger partial charge in [-0.05, 0) is 24.4 Å². The van der Waals surface area contributed by atoms with Gasteiger partial charge in [0, 0.05) is 12.8 Å². The molecule has 14 heavy (non-hydrogen) atoms. The molecule has 0 saturated carbocycles. The minimum atomic E-state index is -4.04. The maximum Gasteiger partial charge on any atom is 0.389 e. The zero-order valence-corrected chi connectivity index (χ0v) is 8.63. The van der Waals surface area contributed by atoms with E-state index in [9.17, 15) is 18.0 Å². The molecule has 0 spiro atoms. The zero-order chi connectivity index (χ0) is 11.0. The molecule has 0 fully saturated rings. The highest BCUT2D eigenvalue weighted by molar-refractivity contribution is 6.63. The molecule has 0 N–H and O–H groups in total. The fraction of sp³-hybridized carbons (Fsp3) is 0.889. The van der Waals surface area contributed by atoms with Crippen molar-refractivity contribution < 1.29 is 18.0 Å². The SMILES string of the molecule is O=C(Cl)CCCCCCCC(F)(F)F. The largest absolute Gasteiger partial charge is 0.389 e. The van der Waals surface area contributed by atoms with Gasteiger partial charge in [-0.1, -0.05) is 19.3 Å². The molecule has 0 aromatic carbocycles. The molecule has 84 valence electrons. The van der Waals surface area contributed by atoms with Crippen LogP contribution in [0, 0.1) is 0 Å². The van der Waals surface area contributed by atoms with Crippen molar-refractivity contribution in [3.63, 3.8) is 0 Å². The molecule has 0 saturated heterocycles. The van der Waals surface area contributed by atoms with E-state index in [4.69, 9.17) is 11.6 Å². The van der Waals surface area contributed by atoms with E-state index in [2.05, 4.69) is 0 Å². The first-order valence-corrected chi connectivity index (χ1v) is 5.05. The molecule has 0 aromatic rings. The smallest absolute Gasteiger partial charge is 0.281 e. The monoisotopic (exact) mass is 230 g/mol. The lowest BCUT2D eigenvalue weighted by atomic mass is 10.1. The molecule has 0 aliphatic carbocycles. The van der Waals surface area contributed by atoms with Crippen LogP contribution in [0.15, 0.2) is 0 Å². The number of hydrogen-bond acceptors (Lipinski definition) is 1. The van der Waals surface area contributed by atoms with Crippen LogP contribution in [0.3, 0.4) is 0 Å². The molecule has 0 atom stereocenters. The molecule has 0 amide bonds. The summed E-state index contributed by atoms with van der Waals surface area (Å²) in [7, 11) is 0. The van der Waals surface area contributed by atoms with Crippen LogP contribution < -0.4 is 0 Å². The van der Waals surface area contributed by atoms with Crippen LogP contribution in [0.4, 0.5) is 13.2 Å². The summed E-state index contributed by atoms with van der Waals surface area (Å²) in [5.74, 6) is 0. The maximum absolute atomic E-state index is 11.7. The number of unbranched alkanes of at least 4 members (excludes halogenated alkanes) is 4. The van der Waals surface area contributed by atoms with Gasteiger partial charge in [-0.2, -0.15) is 13.2 Å². The van der Waals surface area contributed by atoms with Crippen molar-refractivity contribution >= 4 is 16.8 Å². The van der Waals surface area contributed by atoms with E-state index in [1.165, 1.54) is 0 Å². The lowest BCUT2D eigenvalue weighted by Crippen LogP contribution is -2.06. The molecule has 0 aliphatic heterocycles. The first-order valence-electron chi connectivity index (χ1n) is 4.67. The van der Waals surface area contributed by atoms with Crippen LogP contribution in [0.1, 0.15) is 44.9 Å². The second-order valence-electron chi connectivity index (χ2n) is 3.24. The third-order valence-corrected chi connectivity index (χ3v) is 2.02. The van der Waals surface area contributed by atoms with Crippen LogP contribution in [0.25, 0.3) is 0 Å². The zero-order valence-electron chi connectivity index (χ0n) is 7.87. The molecule has 0 rings (SSSR count). The number of alkyl halides is 3. The Balaban J connectivity index is 3.11. The van der Waals surface area contributed by atoms with Crippen LogP contribution in [0.5, 0.6) is 0 Å². The summed E-state index contributed by atoms with van der Waals surface area (Å²) in [6, 6.07) is 0. The van der Waals surface area contributed by atoms with E-state index in [0.717, 1.165) is 12.8 Å². The van der Waals surface area contributed by atoms with E-state index in [1.54, 1.807) is 0 Å². The molecular weight excluding hydrogens is 217 g/mol. The molecule has 1 nitrogen and oxygen atoms in total. The summed E-state index contributed by atoms with van der Waals surface area (Å²) in [5.41, 5.74) is 0. The van der Waals surface area contributed by atoms with Gasteiger partial charge in [0.1, 0.15) is 0 Å². The average Bonchev–Trinajstić information content (AvgIpc) is 2.00. The van der Waals surface area contributed by atoms with E-state index >= 15 is 0 Å². The summed E-state index contributed by atoms with van der Waals surface area (Å²) in [4.78, 5) is 10.3. The lowest BCUT2D eigenvalue weighted by Gasteiger charge is -2.04. The minimum absolute atomic E-state index is 0.179. The van der Waals surface area contributed by atoms with Gasteiger partial charge < -0.3 is 0 Å². The first kappa shape index (κ1) is 13.8. The Kier molecular flexibility index (Phi) is 6.97.